The number of ether oxygens (including phenoxy) is 1. The Labute approximate surface area is 156 Å². The average molecular weight is 375 g/mol. The van der Waals surface area contributed by atoms with Crippen LogP contribution in [0.15, 0.2) is 36.0 Å². The molecule has 0 atom stereocenters. The van der Waals surface area contributed by atoms with Gasteiger partial charge < -0.3 is 9.64 Å². The van der Waals surface area contributed by atoms with E-state index in [0.29, 0.717) is 12.1 Å². The highest BCUT2D eigenvalue weighted by Crippen LogP contribution is 2.33. The number of imidazole rings is 1. The van der Waals surface area contributed by atoms with Gasteiger partial charge in [-0.2, -0.15) is 5.26 Å². The summed E-state index contributed by atoms with van der Waals surface area (Å²) in [5.41, 5.74) is 1.58. The number of benzene rings is 1. The smallest absolute Gasteiger partial charge is 0.240 e. The van der Waals surface area contributed by atoms with Crippen LogP contribution >= 0.6 is 10.0 Å². The fraction of sp³-hybridized carbons (Fsp3) is 0.421. The molecule has 26 heavy (non-hydrogen) atoms. The maximum atomic E-state index is 12.8. The van der Waals surface area contributed by atoms with Gasteiger partial charge in [0, 0.05) is 26.0 Å². The standard InChI is InChI=1S/C19H26N4O2S/c1-22(2)13-15(12-20)18(24)19-21-16-8-6-7-9-17(16)23(19)14-25-10-11-26(3,4)5/h6-9,13H,10-11,14H2,1-5H3/b15-13+. The van der Waals surface area contributed by atoms with E-state index in [-0.39, 0.29) is 18.1 Å². The van der Waals surface area contributed by atoms with Crippen LogP contribution in [-0.4, -0.2) is 65.5 Å². The molecule has 0 radical (unpaired) electrons. The summed E-state index contributed by atoms with van der Waals surface area (Å²) in [6.45, 7) is 0.857. The second-order valence-electron chi connectivity index (χ2n) is 7.13. The van der Waals surface area contributed by atoms with Gasteiger partial charge in [0.15, 0.2) is 5.82 Å². The number of rotatable bonds is 8. The van der Waals surface area contributed by atoms with Crippen LogP contribution in [0.4, 0.5) is 0 Å². The van der Waals surface area contributed by atoms with Gasteiger partial charge in [0.05, 0.1) is 17.6 Å². The van der Waals surface area contributed by atoms with E-state index in [1.54, 1.807) is 23.6 Å². The number of nitrogens with zero attached hydrogens (tertiary/aromatic N) is 4. The maximum absolute atomic E-state index is 12.8. The van der Waals surface area contributed by atoms with Crippen molar-refractivity contribution in [2.75, 3.05) is 45.2 Å². The number of para-hydroxylation sites is 2. The molecule has 0 aliphatic carbocycles. The lowest BCUT2D eigenvalue weighted by Gasteiger charge is -2.24. The third-order valence-electron chi connectivity index (χ3n) is 3.67. The van der Waals surface area contributed by atoms with Crippen LogP contribution in [0.5, 0.6) is 0 Å². The van der Waals surface area contributed by atoms with Crippen LogP contribution in [0.25, 0.3) is 11.0 Å². The van der Waals surface area contributed by atoms with E-state index in [9.17, 15) is 10.1 Å². The highest BCUT2D eigenvalue weighted by atomic mass is 32.3. The van der Waals surface area contributed by atoms with E-state index < -0.39 is 15.8 Å². The molecule has 0 aliphatic rings. The molecule has 0 N–H and O–H groups in total. The summed E-state index contributed by atoms with van der Waals surface area (Å²) in [5.74, 6) is 0.818. The molecule has 2 aromatic rings. The summed E-state index contributed by atoms with van der Waals surface area (Å²) in [6, 6.07) is 9.49. The molecule has 0 spiro atoms. The minimum absolute atomic E-state index is 0.0469. The molecule has 140 valence electrons. The summed E-state index contributed by atoms with van der Waals surface area (Å²) >= 11 is 0. The van der Waals surface area contributed by atoms with Crippen molar-refractivity contribution in [2.24, 2.45) is 0 Å². The van der Waals surface area contributed by atoms with Gasteiger partial charge in [0.2, 0.25) is 5.78 Å². The second kappa shape index (κ2) is 8.39. The number of carbonyl (C=O) groups excluding carboxylic acids is 1. The van der Waals surface area contributed by atoms with Gasteiger partial charge in [-0.05, 0) is 30.9 Å². The third kappa shape index (κ3) is 5.10. The largest absolute Gasteiger partial charge is 0.382 e. The second-order valence-corrected chi connectivity index (χ2v) is 11.7. The highest BCUT2D eigenvalue weighted by molar-refractivity contribution is 8.32. The lowest BCUT2D eigenvalue weighted by Crippen LogP contribution is -2.17. The summed E-state index contributed by atoms with van der Waals surface area (Å²) < 4.78 is 7.57. The monoisotopic (exact) mass is 374 g/mol. The Hall–Kier alpha value is -2.30. The van der Waals surface area contributed by atoms with Crippen molar-refractivity contribution in [1.82, 2.24) is 14.5 Å². The van der Waals surface area contributed by atoms with Crippen molar-refractivity contribution in [3.8, 4) is 6.07 Å². The van der Waals surface area contributed by atoms with E-state index in [1.807, 2.05) is 30.3 Å². The van der Waals surface area contributed by atoms with Crippen LogP contribution in [0.1, 0.15) is 10.6 Å². The summed E-state index contributed by atoms with van der Waals surface area (Å²) in [6.07, 6.45) is 8.23. The van der Waals surface area contributed by atoms with E-state index in [1.165, 1.54) is 6.20 Å². The van der Waals surface area contributed by atoms with Crippen LogP contribution < -0.4 is 0 Å². The zero-order valence-electron chi connectivity index (χ0n) is 16.0. The quantitative estimate of drug-likeness (QED) is 0.307. The van der Waals surface area contributed by atoms with Crippen molar-refractivity contribution >= 4 is 26.8 Å². The number of nitriles is 1. The molecule has 0 bridgehead atoms. The molecule has 0 saturated carbocycles. The Morgan fingerprint density at radius 3 is 2.65 bits per heavy atom. The van der Waals surface area contributed by atoms with Gasteiger partial charge in [-0.3, -0.25) is 9.36 Å². The fourth-order valence-corrected chi connectivity index (χ4v) is 2.98. The third-order valence-corrected chi connectivity index (χ3v) is 5.06. The lowest BCUT2D eigenvalue weighted by atomic mass is 10.2. The first-order valence-electron chi connectivity index (χ1n) is 8.25. The van der Waals surface area contributed by atoms with E-state index in [0.717, 1.165) is 11.3 Å². The van der Waals surface area contributed by atoms with Gasteiger partial charge in [-0.25, -0.2) is 15.0 Å². The Morgan fingerprint density at radius 2 is 2.04 bits per heavy atom. The molecule has 0 unspecified atom stereocenters. The molecular formula is C19H26N4O2S. The minimum atomic E-state index is -0.640. The van der Waals surface area contributed by atoms with Gasteiger partial charge in [0.1, 0.15) is 18.4 Å². The first kappa shape index (κ1) is 20.0. The normalized spacial score (nSPS) is 12.8. The number of Topliss-reactive ketones (excluding diaryl/α,β-unsaturated/α-hetero) is 1. The number of hydrogen-bond donors (Lipinski definition) is 0. The van der Waals surface area contributed by atoms with Crippen molar-refractivity contribution in [1.29, 1.82) is 5.26 Å². The Balaban J connectivity index is 2.34. The molecule has 1 aromatic carbocycles. The van der Waals surface area contributed by atoms with Gasteiger partial charge >= 0.3 is 0 Å². The SMILES string of the molecule is CN(C)/C=C(\C#N)C(=O)c1nc2ccccc2n1COCCS(C)(C)C. The van der Waals surface area contributed by atoms with Crippen LogP contribution in [0, 0.1) is 11.3 Å². The van der Waals surface area contributed by atoms with E-state index in [4.69, 9.17) is 4.74 Å². The molecule has 7 heteroatoms. The fourth-order valence-electron chi connectivity index (χ4n) is 2.36. The summed E-state index contributed by atoms with van der Waals surface area (Å²) in [5, 5.41) is 9.34. The number of aromatic nitrogens is 2. The molecule has 0 aliphatic heterocycles. The molecule has 1 aromatic heterocycles. The van der Waals surface area contributed by atoms with E-state index >= 15 is 0 Å². The Morgan fingerprint density at radius 1 is 1.35 bits per heavy atom. The predicted octanol–water partition coefficient (Wildman–Crippen LogP) is 2.86. The molecule has 6 nitrogen and oxygen atoms in total. The zero-order valence-corrected chi connectivity index (χ0v) is 16.8. The predicted molar refractivity (Wildman–Crippen MR) is 108 cm³/mol. The number of ketones is 1. The van der Waals surface area contributed by atoms with Gasteiger partial charge in [-0.15, -0.1) is 0 Å². The topological polar surface area (TPSA) is 71.2 Å². The average Bonchev–Trinajstić information content (AvgIpc) is 2.93. The van der Waals surface area contributed by atoms with Crippen molar-refractivity contribution < 1.29 is 9.53 Å². The molecule has 0 amide bonds. The number of carbonyl (C=O) groups is 1. The molecule has 0 fully saturated rings. The molecular weight excluding hydrogens is 348 g/mol. The van der Waals surface area contributed by atoms with Gasteiger partial charge in [0.25, 0.3) is 0 Å². The Bertz CT molecular complexity index is 857. The van der Waals surface area contributed by atoms with Crippen LogP contribution in [0.3, 0.4) is 0 Å². The Kier molecular flexibility index (Phi) is 6.46. The lowest BCUT2D eigenvalue weighted by molar-refractivity contribution is 0.0852. The number of allylic oxidation sites excluding steroid dienone is 1. The molecule has 0 saturated heterocycles. The van der Waals surface area contributed by atoms with E-state index in [2.05, 4.69) is 23.8 Å². The van der Waals surface area contributed by atoms with Crippen LogP contribution in [0.2, 0.25) is 0 Å². The minimum Gasteiger partial charge on any atom is -0.382 e. The summed E-state index contributed by atoms with van der Waals surface area (Å²) in [4.78, 5) is 19.0. The number of fused-ring (bicyclic) bond motifs is 1. The van der Waals surface area contributed by atoms with Gasteiger partial charge in [-0.1, -0.05) is 12.1 Å². The van der Waals surface area contributed by atoms with Crippen molar-refractivity contribution in [3.05, 3.63) is 41.9 Å². The summed E-state index contributed by atoms with van der Waals surface area (Å²) in [7, 11) is 2.90. The van der Waals surface area contributed by atoms with Crippen LogP contribution in [-0.2, 0) is 11.5 Å². The zero-order chi connectivity index (χ0) is 19.3. The number of hydrogen-bond acceptors (Lipinski definition) is 5. The first-order chi connectivity index (χ1) is 12.2. The maximum Gasteiger partial charge on any atom is 0.240 e. The highest BCUT2D eigenvalue weighted by Gasteiger charge is 2.21. The van der Waals surface area contributed by atoms with Crippen molar-refractivity contribution in [2.45, 2.75) is 6.73 Å². The molecule has 2 rings (SSSR count). The first-order valence-corrected chi connectivity index (χ1v) is 11.3. The van der Waals surface area contributed by atoms with Crippen molar-refractivity contribution in [3.63, 3.8) is 0 Å². The molecule has 1 heterocycles.